The first kappa shape index (κ1) is 13.6. The minimum Gasteiger partial charge on any atom is -0.497 e. The van der Waals surface area contributed by atoms with Crippen molar-refractivity contribution in [1.82, 2.24) is 9.97 Å². The smallest absolute Gasteiger partial charge is 0.241 e. The number of rotatable bonds is 5. The largest absolute Gasteiger partial charge is 0.497 e. The number of aromatic nitrogens is 2. The van der Waals surface area contributed by atoms with Crippen molar-refractivity contribution in [2.45, 2.75) is 6.61 Å². The molecule has 0 radical (unpaired) electrons. The molecule has 0 unspecified atom stereocenters. The number of nitrogens with two attached hydrogens (primary N) is 1. The number of benzene rings is 1. The lowest BCUT2D eigenvalue weighted by Crippen LogP contribution is -2.11. The van der Waals surface area contributed by atoms with Crippen molar-refractivity contribution in [3.63, 3.8) is 0 Å². The van der Waals surface area contributed by atoms with Crippen LogP contribution in [0.2, 0.25) is 0 Å². The van der Waals surface area contributed by atoms with Crippen LogP contribution in [0.15, 0.2) is 35.7 Å². The number of nitrogens with zero attached hydrogens (tertiary/aromatic N) is 2. The minimum atomic E-state index is 0.339. The summed E-state index contributed by atoms with van der Waals surface area (Å²) in [7, 11) is 1.64. The summed E-state index contributed by atoms with van der Waals surface area (Å²) in [5.74, 6) is 7.03. The Morgan fingerprint density at radius 1 is 1.29 bits per heavy atom. The van der Waals surface area contributed by atoms with E-state index in [0.29, 0.717) is 18.4 Å². The molecule has 0 spiro atoms. The third-order valence-corrected chi connectivity index (χ3v) is 3.74. The molecule has 0 aliphatic rings. The van der Waals surface area contributed by atoms with Gasteiger partial charge in [0.05, 0.1) is 12.5 Å². The van der Waals surface area contributed by atoms with Crippen molar-refractivity contribution in [3.8, 4) is 11.6 Å². The van der Waals surface area contributed by atoms with Gasteiger partial charge in [0.25, 0.3) is 0 Å². The average molecular weight is 302 g/mol. The molecule has 0 aliphatic carbocycles. The molecule has 2 aromatic heterocycles. The second-order valence-electron chi connectivity index (χ2n) is 4.28. The van der Waals surface area contributed by atoms with Gasteiger partial charge < -0.3 is 9.47 Å². The molecule has 108 valence electrons. The van der Waals surface area contributed by atoms with Crippen molar-refractivity contribution in [1.29, 1.82) is 0 Å². The van der Waals surface area contributed by atoms with E-state index >= 15 is 0 Å². The van der Waals surface area contributed by atoms with Crippen LogP contribution in [0, 0.1) is 0 Å². The summed E-state index contributed by atoms with van der Waals surface area (Å²) in [5, 5.41) is 2.82. The highest BCUT2D eigenvalue weighted by Gasteiger charge is 2.10. The molecule has 21 heavy (non-hydrogen) atoms. The minimum absolute atomic E-state index is 0.339. The van der Waals surface area contributed by atoms with Crippen molar-refractivity contribution < 1.29 is 9.47 Å². The molecular formula is C14H14N4O2S. The van der Waals surface area contributed by atoms with Crippen molar-refractivity contribution in [2.24, 2.45) is 5.84 Å². The Morgan fingerprint density at radius 3 is 3.00 bits per heavy atom. The van der Waals surface area contributed by atoms with Crippen LogP contribution in [0.25, 0.3) is 10.2 Å². The topological polar surface area (TPSA) is 82.3 Å². The van der Waals surface area contributed by atoms with Gasteiger partial charge in [-0.1, -0.05) is 12.1 Å². The number of ether oxygens (including phenoxy) is 2. The molecule has 0 amide bonds. The van der Waals surface area contributed by atoms with Gasteiger partial charge >= 0.3 is 0 Å². The van der Waals surface area contributed by atoms with Gasteiger partial charge in [0.2, 0.25) is 11.8 Å². The van der Waals surface area contributed by atoms with E-state index in [1.54, 1.807) is 7.11 Å². The predicted octanol–water partition coefficient (Wildman–Crippen LogP) is 2.56. The fourth-order valence-corrected chi connectivity index (χ4v) is 2.67. The molecule has 0 saturated carbocycles. The van der Waals surface area contributed by atoms with E-state index in [2.05, 4.69) is 15.4 Å². The lowest BCUT2D eigenvalue weighted by molar-refractivity contribution is 0.297. The third kappa shape index (κ3) is 2.88. The molecule has 3 N–H and O–H groups in total. The van der Waals surface area contributed by atoms with Crippen LogP contribution in [-0.4, -0.2) is 17.1 Å². The standard InChI is InChI=1S/C14H14N4O2S/c1-19-10-4-2-3-9(7-10)8-20-12-11-5-6-21-13(11)17-14(16-12)18-15/h2-7H,8,15H2,1H3,(H,16,17,18). The number of fused-ring (bicyclic) bond motifs is 1. The first-order chi connectivity index (χ1) is 10.3. The maximum absolute atomic E-state index is 5.81. The van der Waals surface area contributed by atoms with Gasteiger partial charge in [-0.2, -0.15) is 4.98 Å². The monoisotopic (exact) mass is 302 g/mol. The third-order valence-electron chi connectivity index (χ3n) is 2.93. The molecule has 0 bridgehead atoms. The van der Waals surface area contributed by atoms with E-state index in [-0.39, 0.29) is 0 Å². The summed E-state index contributed by atoms with van der Waals surface area (Å²) < 4.78 is 11.0. The number of methoxy groups -OCH3 is 1. The lowest BCUT2D eigenvalue weighted by atomic mass is 10.2. The van der Waals surface area contributed by atoms with Crippen LogP contribution in [0.3, 0.4) is 0 Å². The Labute approximate surface area is 125 Å². The van der Waals surface area contributed by atoms with Crippen LogP contribution in [0.4, 0.5) is 5.95 Å². The number of hydrazine groups is 1. The molecular weight excluding hydrogens is 288 g/mol. The van der Waals surface area contributed by atoms with E-state index in [1.807, 2.05) is 35.7 Å². The SMILES string of the molecule is COc1cccc(COc2nc(NN)nc3sccc23)c1. The first-order valence-electron chi connectivity index (χ1n) is 6.28. The van der Waals surface area contributed by atoms with E-state index in [0.717, 1.165) is 21.5 Å². The van der Waals surface area contributed by atoms with E-state index in [1.165, 1.54) is 11.3 Å². The zero-order chi connectivity index (χ0) is 14.7. The second-order valence-corrected chi connectivity index (χ2v) is 5.17. The van der Waals surface area contributed by atoms with Crippen molar-refractivity contribution in [2.75, 3.05) is 12.5 Å². The zero-order valence-corrected chi connectivity index (χ0v) is 12.2. The molecule has 3 aromatic rings. The van der Waals surface area contributed by atoms with Gasteiger partial charge in [-0.15, -0.1) is 11.3 Å². The number of hydrogen-bond acceptors (Lipinski definition) is 7. The van der Waals surface area contributed by atoms with Crippen LogP contribution in [0.1, 0.15) is 5.56 Å². The van der Waals surface area contributed by atoms with Crippen LogP contribution < -0.4 is 20.7 Å². The van der Waals surface area contributed by atoms with Gasteiger partial charge in [0.15, 0.2) is 0 Å². The molecule has 0 saturated heterocycles. The average Bonchev–Trinajstić information content (AvgIpc) is 3.01. The quantitative estimate of drug-likeness (QED) is 0.557. The van der Waals surface area contributed by atoms with Gasteiger partial charge in [-0.25, -0.2) is 10.8 Å². The Bertz CT molecular complexity index is 760. The maximum Gasteiger partial charge on any atom is 0.241 e. The fraction of sp³-hybridized carbons (Fsp3) is 0.143. The van der Waals surface area contributed by atoms with Crippen molar-refractivity contribution >= 4 is 27.5 Å². The Hall–Kier alpha value is -2.38. The van der Waals surface area contributed by atoms with Gasteiger partial charge in [-0.3, -0.25) is 5.43 Å². The normalized spacial score (nSPS) is 10.6. The first-order valence-corrected chi connectivity index (χ1v) is 7.15. The number of nitrogen functional groups attached to an aromatic ring is 1. The van der Waals surface area contributed by atoms with E-state index in [9.17, 15) is 0 Å². The predicted molar refractivity (Wildman–Crippen MR) is 82.6 cm³/mol. The lowest BCUT2D eigenvalue weighted by Gasteiger charge is -2.09. The molecule has 2 heterocycles. The Kier molecular flexibility index (Phi) is 3.85. The van der Waals surface area contributed by atoms with Crippen LogP contribution in [-0.2, 0) is 6.61 Å². The molecule has 1 aromatic carbocycles. The van der Waals surface area contributed by atoms with Crippen molar-refractivity contribution in [3.05, 3.63) is 41.3 Å². The van der Waals surface area contributed by atoms with Gasteiger partial charge in [0, 0.05) is 0 Å². The molecule has 0 atom stereocenters. The number of hydrogen-bond donors (Lipinski definition) is 2. The summed E-state index contributed by atoms with van der Waals surface area (Å²) in [6.07, 6.45) is 0. The Morgan fingerprint density at radius 2 is 2.19 bits per heavy atom. The summed E-state index contributed by atoms with van der Waals surface area (Å²) in [6.45, 7) is 0.392. The molecule has 6 nitrogen and oxygen atoms in total. The summed E-state index contributed by atoms with van der Waals surface area (Å²) >= 11 is 1.51. The highest BCUT2D eigenvalue weighted by atomic mass is 32.1. The number of anilines is 1. The molecule has 0 fully saturated rings. The summed E-state index contributed by atoms with van der Waals surface area (Å²) in [4.78, 5) is 9.36. The molecule has 7 heteroatoms. The number of thiophene rings is 1. The maximum atomic E-state index is 5.81. The van der Waals surface area contributed by atoms with Gasteiger partial charge in [0.1, 0.15) is 17.2 Å². The second kappa shape index (κ2) is 5.94. The van der Waals surface area contributed by atoms with Gasteiger partial charge in [-0.05, 0) is 29.1 Å². The highest BCUT2D eigenvalue weighted by molar-refractivity contribution is 7.16. The van der Waals surface area contributed by atoms with E-state index in [4.69, 9.17) is 15.3 Å². The zero-order valence-electron chi connectivity index (χ0n) is 11.4. The molecule has 3 rings (SSSR count). The molecule has 0 aliphatic heterocycles. The highest BCUT2D eigenvalue weighted by Crippen LogP contribution is 2.28. The fourth-order valence-electron chi connectivity index (χ4n) is 1.92. The number of nitrogens with one attached hydrogen (secondary N) is 1. The Balaban J connectivity index is 1.85. The summed E-state index contributed by atoms with van der Waals surface area (Å²) in [5.41, 5.74) is 3.45. The summed E-state index contributed by atoms with van der Waals surface area (Å²) in [6, 6.07) is 9.64. The van der Waals surface area contributed by atoms with E-state index < -0.39 is 0 Å². The van der Waals surface area contributed by atoms with Crippen LogP contribution in [0.5, 0.6) is 11.6 Å². The van der Waals surface area contributed by atoms with Crippen LogP contribution >= 0.6 is 11.3 Å².